The summed E-state index contributed by atoms with van der Waals surface area (Å²) in [5, 5.41) is 16.4. The number of benzene rings is 2. The predicted molar refractivity (Wildman–Crippen MR) is 104 cm³/mol. The van der Waals surface area contributed by atoms with Crippen molar-refractivity contribution in [1.82, 2.24) is 4.98 Å². The Hall–Kier alpha value is -3.28. The summed E-state index contributed by atoms with van der Waals surface area (Å²) in [6.45, 7) is 0. The largest absolute Gasteiger partial charge is 0.495 e. The third-order valence-corrected chi connectivity index (χ3v) is 5.83. The van der Waals surface area contributed by atoms with Crippen molar-refractivity contribution in [1.29, 1.82) is 0 Å². The van der Waals surface area contributed by atoms with Crippen LogP contribution in [0.2, 0.25) is 0 Å². The number of methoxy groups -OCH3 is 1. The Morgan fingerprint density at radius 2 is 2.07 bits per heavy atom. The number of hydrogen-bond donors (Lipinski definition) is 2. The van der Waals surface area contributed by atoms with Gasteiger partial charge in [-0.2, -0.15) is 0 Å². The van der Waals surface area contributed by atoms with Gasteiger partial charge in [-0.3, -0.25) is 10.1 Å². The van der Waals surface area contributed by atoms with Crippen LogP contribution in [0.15, 0.2) is 54.7 Å². The summed E-state index contributed by atoms with van der Waals surface area (Å²) in [6, 6.07) is 11.5. The Morgan fingerprint density at radius 1 is 1.22 bits per heavy atom. The van der Waals surface area contributed by atoms with Crippen molar-refractivity contribution in [2.75, 3.05) is 12.4 Å². The van der Waals surface area contributed by atoms with Gasteiger partial charge in [-0.05, 0) is 30.0 Å². The lowest BCUT2D eigenvalue weighted by Gasteiger charge is -2.37. The lowest BCUT2D eigenvalue weighted by Crippen LogP contribution is -2.29. The second-order valence-corrected chi connectivity index (χ2v) is 7.10. The van der Waals surface area contributed by atoms with Gasteiger partial charge in [-0.25, -0.2) is 0 Å². The molecule has 1 aliphatic carbocycles. The smallest absolute Gasteiger partial charge is 0.275 e. The number of anilines is 1. The first kappa shape index (κ1) is 15.9. The highest BCUT2D eigenvalue weighted by Crippen LogP contribution is 2.55. The fourth-order valence-electron chi connectivity index (χ4n) is 4.65. The number of H-pyrrole nitrogens is 1. The Kier molecular flexibility index (Phi) is 3.47. The van der Waals surface area contributed by atoms with E-state index in [4.69, 9.17) is 4.74 Å². The summed E-state index contributed by atoms with van der Waals surface area (Å²) in [5.41, 5.74) is 3.89. The Labute approximate surface area is 156 Å². The molecule has 0 bridgehead atoms. The van der Waals surface area contributed by atoms with Crippen LogP contribution < -0.4 is 10.1 Å². The van der Waals surface area contributed by atoms with Crippen molar-refractivity contribution in [3.8, 4) is 5.75 Å². The molecule has 2 aromatic carbocycles. The minimum Gasteiger partial charge on any atom is -0.495 e. The summed E-state index contributed by atoms with van der Waals surface area (Å²) in [4.78, 5) is 14.7. The van der Waals surface area contributed by atoms with Gasteiger partial charge < -0.3 is 15.0 Å². The molecule has 0 radical (unpaired) electrons. The average Bonchev–Trinajstić information content (AvgIpc) is 3.33. The van der Waals surface area contributed by atoms with Gasteiger partial charge in [0.05, 0.1) is 29.3 Å². The standard InChI is InChI=1S/C21H19N3O3/c1-27-18-10-9-17(24(25)26)19-13-6-4-7-14(13)20(23-21(18)19)15-11-22-16-8-3-2-5-12(15)16/h2-6,8-11,13-14,20,22-23H,7H2,1H3. The lowest BCUT2D eigenvalue weighted by atomic mass is 9.76. The Bertz CT molecular complexity index is 1090. The molecule has 5 rings (SSSR count). The van der Waals surface area contributed by atoms with E-state index in [9.17, 15) is 10.1 Å². The molecule has 2 heterocycles. The zero-order valence-electron chi connectivity index (χ0n) is 14.8. The number of para-hydroxylation sites is 1. The molecule has 2 N–H and O–H groups in total. The van der Waals surface area contributed by atoms with Crippen molar-refractivity contribution >= 4 is 22.3 Å². The first-order chi connectivity index (χ1) is 13.2. The molecule has 0 amide bonds. The summed E-state index contributed by atoms with van der Waals surface area (Å²) in [6.07, 6.45) is 7.18. The van der Waals surface area contributed by atoms with Gasteiger partial charge >= 0.3 is 0 Å². The Morgan fingerprint density at radius 3 is 2.89 bits per heavy atom. The fourth-order valence-corrected chi connectivity index (χ4v) is 4.65. The first-order valence-corrected chi connectivity index (χ1v) is 9.03. The van der Waals surface area contributed by atoms with Crippen molar-refractivity contribution < 1.29 is 9.66 Å². The second kappa shape index (κ2) is 5.87. The quantitative estimate of drug-likeness (QED) is 0.394. The average molecular weight is 361 g/mol. The highest BCUT2D eigenvalue weighted by atomic mass is 16.6. The van der Waals surface area contributed by atoms with Crippen molar-refractivity contribution in [3.63, 3.8) is 0 Å². The molecule has 6 heteroatoms. The van der Waals surface area contributed by atoms with E-state index in [1.165, 1.54) is 10.9 Å². The van der Waals surface area contributed by atoms with E-state index in [-0.39, 0.29) is 28.5 Å². The molecule has 0 saturated heterocycles. The maximum Gasteiger partial charge on any atom is 0.275 e. The number of aromatic amines is 1. The number of rotatable bonds is 3. The van der Waals surface area contributed by atoms with Gasteiger partial charge in [0.25, 0.3) is 5.69 Å². The van der Waals surface area contributed by atoms with Gasteiger partial charge in [0, 0.05) is 29.1 Å². The molecular formula is C21H19N3O3. The zero-order chi connectivity index (χ0) is 18.5. The highest BCUT2D eigenvalue weighted by molar-refractivity contribution is 5.85. The van der Waals surface area contributed by atoms with Gasteiger partial charge in [0.1, 0.15) is 5.75 Å². The number of nitro groups is 1. The molecule has 0 spiro atoms. The number of nitrogens with zero attached hydrogens (tertiary/aromatic N) is 1. The molecule has 6 nitrogen and oxygen atoms in total. The number of ether oxygens (including phenoxy) is 1. The van der Waals surface area contributed by atoms with E-state index in [1.54, 1.807) is 19.2 Å². The number of aromatic nitrogens is 1. The summed E-state index contributed by atoms with van der Waals surface area (Å²) in [5.74, 6) is 0.858. The number of fused-ring (bicyclic) bond motifs is 4. The van der Waals surface area contributed by atoms with E-state index in [0.717, 1.165) is 23.2 Å². The van der Waals surface area contributed by atoms with Gasteiger partial charge in [-0.1, -0.05) is 30.4 Å². The number of nitrogens with one attached hydrogen (secondary N) is 2. The molecule has 0 saturated carbocycles. The van der Waals surface area contributed by atoms with Crippen molar-refractivity contribution in [3.05, 3.63) is 76.0 Å². The molecule has 3 unspecified atom stereocenters. The zero-order valence-corrected chi connectivity index (χ0v) is 14.8. The van der Waals surface area contributed by atoms with Crippen LogP contribution in [-0.2, 0) is 0 Å². The van der Waals surface area contributed by atoms with E-state index in [2.05, 4.69) is 34.6 Å². The van der Waals surface area contributed by atoms with Crippen LogP contribution in [0.5, 0.6) is 5.75 Å². The number of hydrogen-bond acceptors (Lipinski definition) is 4. The molecule has 3 atom stereocenters. The molecule has 27 heavy (non-hydrogen) atoms. The first-order valence-electron chi connectivity index (χ1n) is 9.03. The number of allylic oxidation sites excluding steroid dienone is 2. The molecule has 0 fully saturated rings. The minimum absolute atomic E-state index is 0.00425. The predicted octanol–water partition coefficient (Wildman–Crippen LogP) is 4.91. The highest BCUT2D eigenvalue weighted by Gasteiger charge is 2.43. The summed E-state index contributed by atoms with van der Waals surface area (Å²) < 4.78 is 5.53. The number of nitro benzene ring substituents is 1. The topological polar surface area (TPSA) is 80.2 Å². The van der Waals surface area contributed by atoms with Crippen LogP contribution in [0.25, 0.3) is 10.9 Å². The maximum absolute atomic E-state index is 11.7. The monoisotopic (exact) mass is 361 g/mol. The third kappa shape index (κ3) is 2.26. The fraction of sp³-hybridized carbons (Fsp3) is 0.238. The third-order valence-electron chi connectivity index (χ3n) is 5.83. The van der Waals surface area contributed by atoms with E-state index in [1.807, 2.05) is 18.3 Å². The van der Waals surface area contributed by atoms with E-state index >= 15 is 0 Å². The van der Waals surface area contributed by atoms with Crippen LogP contribution in [0.4, 0.5) is 11.4 Å². The van der Waals surface area contributed by atoms with Crippen LogP contribution >= 0.6 is 0 Å². The summed E-state index contributed by atoms with van der Waals surface area (Å²) in [7, 11) is 1.60. The summed E-state index contributed by atoms with van der Waals surface area (Å²) >= 11 is 0. The molecule has 2 aliphatic rings. The Balaban J connectivity index is 1.71. The molecule has 1 aliphatic heterocycles. The van der Waals surface area contributed by atoms with Gasteiger partial charge in [0.15, 0.2) is 0 Å². The van der Waals surface area contributed by atoms with Crippen LogP contribution in [0.1, 0.15) is 29.5 Å². The van der Waals surface area contributed by atoms with Crippen LogP contribution in [-0.4, -0.2) is 17.0 Å². The molecular weight excluding hydrogens is 342 g/mol. The normalized spacial score (nSPS) is 22.9. The molecule has 136 valence electrons. The maximum atomic E-state index is 11.7. The van der Waals surface area contributed by atoms with E-state index in [0.29, 0.717) is 5.75 Å². The van der Waals surface area contributed by atoms with E-state index < -0.39 is 0 Å². The van der Waals surface area contributed by atoms with Crippen molar-refractivity contribution in [2.45, 2.75) is 18.4 Å². The second-order valence-electron chi connectivity index (χ2n) is 7.10. The SMILES string of the molecule is COc1ccc([N+](=O)[O-])c2c1NC(c1c[nH]c3ccccc13)C1CC=CC21. The van der Waals surface area contributed by atoms with Crippen LogP contribution in [0.3, 0.4) is 0 Å². The lowest BCUT2D eigenvalue weighted by molar-refractivity contribution is -0.385. The van der Waals surface area contributed by atoms with Crippen LogP contribution in [0, 0.1) is 16.0 Å². The van der Waals surface area contributed by atoms with Gasteiger partial charge in [0.2, 0.25) is 0 Å². The van der Waals surface area contributed by atoms with Gasteiger partial charge in [-0.15, -0.1) is 0 Å². The molecule has 1 aromatic heterocycles. The van der Waals surface area contributed by atoms with Crippen molar-refractivity contribution in [2.24, 2.45) is 5.92 Å². The molecule has 3 aromatic rings. The minimum atomic E-state index is -0.296.